The lowest BCUT2D eigenvalue weighted by Gasteiger charge is -2.29. The van der Waals surface area contributed by atoms with E-state index >= 15 is 0 Å². The van der Waals surface area contributed by atoms with E-state index < -0.39 is 5.72 Å². The topological polar surface area (TPSA) is 35.2 Å². The average Bonchev–Trinajstić information content (AvgIpc) is 2.41. The largest absolute Gasteiger partial charge is 0.360 e. The van der Waals surface area contributed by atoms with Gasteiger partial charge in [-0.3, -0.25) is 0 Å². The van der Waals surface area contributed by atoms with Gasteiger partial charge in [0.15, 0.2) is 0 Å². The van der Waals surface area contributed by atoms with Crippen LogP contribution in [0, 0.1) is 0 Å². The van der Waals surface area contributed by atoms with Gasteiger partial charge in [-0.2, -0.15) is 0 Å². The van der Waals surface area contributed by atoms with E-state index in [4.69, 9.17) is 10.5 Å². The molecule has 0 fully saturated rings. The van der Waals surface area contributed by atoms with Crippen LogP contribution in [0.4, 0.5) is 0 Å². The third-order valence-corrected chi connectivity index (χ3v) is 3.12. The highest BCUT2D eigenvalue weighted by Gasteiger charge is 2.26. The molecule has 2 aromatic carbocycles. The quantitative estimate of drug-likeness (QED) is 0.805. The van der Waals surface area contributed by atoms with Gasteiger partial charge in [0, 0.05) is 19.4 Å². The second-order valence-electron chi connectivity index (χ2n) is 4.82. The van der Waals surface area contributed by atoms with E-state index in [1.807, 2.05) is 43.3 Å². The fraction of sp³-hybridized carbons (Fsp3) is 0.294. The van der Waals surface area contributed by atoms with Crippen molar-refractivity contribution in [1.82, 2.24) is 0 Å². The Morgan fingerprint density at radius 1 is 0.842 bits per heavy atom. The van der Waals surface area contributed by atoms with E-state index in [9.17, 15) is 0 Å². The highest BCUT2D eigenvalue weighted by Crippen LogP contribution is 2.18. The number of benzene rings is 2. The molecule has 2 N–H and O–H groups in total. The fourth-order valence-corrected chi connectivity index (χ4v) is 2.33. The van der Waals surface area contributed by atoms with Crippen molar-refractivity contribution in [3.63, 3.8) is 0 Å². The van der Waals surface area contributed by atoms with Crippen LogP contribution in [-0.2, 0) is 17.6 Å². The normalized spacial score (nSPS) is 11.5. The summed E-state index contributed by atoms with van der Waals surface area (Å²) in [7, 11) is 0. The zero-order chi connectivity index (χ0) is 13.6. The number of hydrogen-bond acceptors (Lipinski definition) is 2. The van der Waals surface area contributed by atoms with Crippen LogP contribution >= 0.6 is 0 Å². The predicted octanol–water partition coefficient (Wildman–Crippen LogP) is 3.16. The van der Waals surface area contributed by atoms with Crippen molar-refractivity contribution in [3.8, 4) is 0 Å². The molecule has 0 heterocycles. The van der Waals surface area contributed by atoms with Gasteiger partial charge in [-0.25, -0.2) is 0 Å². The number of ether oxygens (including phenoxy) is 1. The summed E-state index contributed by atoms with van der Waals surface area (Å²) in [6.45, 7) is 2.60. The zero-order valence-electron chi connectivity index (χ0n) is 11.4. The van der Waals surface area contributed by atoms with E-state index in [1.165, 1.54) is 11.1 Å². The fourth-order valence-electron chi connectivity index (χ4n) is 2.33. The van der Waals surface area contributed by atoms with E-state index in [2.05, 4.69) is 24.3 Å². The molecule has 2 rings (SSSR count). The molecule has 2 nitrogen and oxygen atoms in total. The summed E-state index contributed by atoms with van der Waals surface area (Å²) in [4.78, 5) is 0. The predicted molar refractivity (Wildman–Crippen MR) is 78.8 cm³/mol. The average molecular weight is 255 g/mol. The van der Waals surface area contributed by atoms with Crippen LogP contribution < -0.4 is 5.73 Å². The molecule has 0 amide bonds. The molecule has 0 bridgehead atoms. The Balaban J connectivity index is 2.13. The molecule has 0 aromatic heterocycles. The Hall–Kier alpha value is -1.64. The Morgan fingerprint density at radius 3 is 1.63 bits per heavy atom. The Morgan fingerprint density at radius 2 is 1.26 bits per heavy atom. The minimum Gasteiger partial charge on any atom is -0.360 e. The minimum atomic E-state index is -0.641. The summed E-state index contributed by atoms with van der Waals surface area (Å²) in [5.41, 5.74) is 8.22. The SMILES string of the molecule is CCOC(N)(Cc1ccccc1)Cc1ccccc1. The molecule has 0 saturated heterocycles. The molecule has 0 unspecified atom stereocenters. The van der Waals surface area contributed by atoms with E-state index in [-0.39, 0.29) is 0 Å². The maximum atomic E-state index is 6.45. The van der Waals surface area contributed by atoms with Crippen molar-refractivity contribution in [1.29, 1.82) is 0 Å². The molecule has 0 aliphatic carbocycles. The van der Waals surface area contributed by atoms with E-state index in [1.54, 1.807) is 0 Å². The molecule has 0 spiro atoms. The smallest absolute Gasteiger partial charge is 0.124 e. The Kier molecular flexibility index (Phi) is 4.72. The highest BCUT2D eigenvalue weighted by molar-refractivity contribution is 5.21. The summed E-state index contributed by atoms with van der Waals surface area (Å²) in [6.07, 6.45) is 1.44. The first-order valence-electron chi connectivity index (χ1n) is 6.72. The van der Waals surface area contributed by atoms with Gasteiger partial charge in [-0.05, 0) is 18.1 Å². The first kappa shape index (κ1) is 13.8. The van der Waals surface area contributed by atoms with Crippen LogP contribution in [0.5, 0.6) is 0 Å². The first-order chi connectivity index (χ1) is 9.22. The maximum Gasteiger partial charge on any atom is 0.124 e. The molecule has 0 saturated carbocycles. The van der Waals surface area contributed by atoms with Crippen LogP contribution in [0.25, 0.3) is 0 Å². The van der Waals surface area contributed by atoms with E-state index in [0.29, 0.717) is 6.61 Å². The molecular weight excluding hydrogens is 234 g/mol. The summed E-state index contributed by atoms with van der Waals surface area (Å²) in [6, 6.07) is 20.5. The van der Waals surface area contributed by atoms with Crippen molar-refractivity contribution in [2.75, 3.05) is 6.61 Å². The van der Waals surface area contributed by atoms with Crippen molar-refractivity contribution < 1.29 is 4.74 Å². The van der Waals surface area contributed by atoms with Gasteiger partial charge in [0.05, 0.1) is 0 Å². The van der Waals surface area contributed by atoms with Gasteiger partial charge >= 0.3 is 0 Å². The molecule has 0 aliphatic rings. The molecular formula is C17H21NO. The molecule has 19 heavy (non-hydrogen) atoms. The number of nitrogens with two attached hydrogens (primary N) is 1. The monoisotopic (exact) mass is 255 g/mol. The van der Waals surface area contributed by atoms with Crippen LogP contribution in [0.15, 0.2) is 60.7 Å². The summed E-state index contributed by atoms with van der Waals surface area (Å²) in [5.74, 6) is 0. The van der Waals surface area contributed by atoms with Gasteiger partial charge in [0.2, 0.25) is 0 Å². The standard InChI is InChI=1S/C17H21NO/c1-2-19-17(18,13-15-9-5-3-6-10-15)14-16-11-7-4-8-12-16/h3-12H,2,13-14,18H2,1H3. The van der Waals surface area contributed by atoms with E-state index in [0.717, 1.165) is 12.8 Å². The van der Waals surface area contributed by atoms with Gasteiger partial charge in [-0.15, -0.1) is 0 Å². The van der Waals surface area contributed by atoms with Crippen LogP contribution in [-0.4, -0.2) is 12.3 Å². The van der Waals surface area contributed by atoms with Crippen molar-refractivity contribution in [3.05, 3.63) is 71.8 Å². The van der Waals surface area contributed by atoms with Gasteiger partial charge < -0.3 is 10.5 Å². The van der Waals surface area contributed by atoms with Crippen molar-refractivity contribution in [2.24, 2.45) is 5.73 Å². The third-order valence-electron chi connectivity index (χ3n) is 3.12. The van der Waals surface area contributed by atoms with Crippen LogP contribution in [0.3, 0.4) is 0 Å². The van der Waals surface area contributed by atoms with Crippen molar-refractivity contribution in [2.45, 2.75) is 25.5 Å². The summed E-state index contributed by atoms with van der Waals surface area (Å²) < 4.78 is 5.82. The number of hydrogen-bond donors (Lipinski definition) is 1. The summed E-state index contributed by atoms with van der Waals surface area (Å²) in [5, 5.41) is 0. The lowest BCUT2D eigenvalue weighted by Crippen LogP contribution is -2.47. The second-order valence-corrected chi connectivity index (χ2v) is 4.82. The lowest BCUT2D eigenvalue weighted by molar-refractivity contribution is -0.0340. The minimum absolute atomic E-state index is 0.621. The third kappa shape index (κ3) is 4.19. The molecule has 2 aromatic rings. The lowest BCUT2D eigenvalue weighted by atomic mass is 9.96. The second kappa shape index (κ2) is 6.50. The molecule has 0 aliphatic heterocycles. The first-order valence-corrected chi connectivity index (χ1v) is 6.72. The highest BCUT2D eigenvalue weighted by atomic mass is 16.5. The van der Waals surface area contributed by atoms with Gasteiger partial charge in [0.25, 0.3) is 0 Å². The Bertz CT molecular complexity index is 440. The van der Waals surface area contributed by atoms with Gasteiger partial charge in [-0.1, -0.05) is 60.7 Å². The molecule has 0 radical (unpaired) electrons. The molecule has 0 atom stereocenters. The zero-order valence-corrected chi connectivity index (χ0v) is 11.4. The molecule has 2 heteroatoms. The van der Waals surface area contributed by atoms with Crippen molar-refractivity contribution >= 4 is 0 Å². The Labute approximate surface area is 115 Å². The van der Waals surface area contributed by atoms with Crippen LogP contribution in [0.1, 0.15) is 18.1 Å². The summed E-state index contributed by atoms with van der Waals surface area (Å²) >= 11 is 0. The van der Waals surface area contributed by atoms with Gasteiger partial charge in [0.1, 0.15) is 5.72 Å². The van der Waals surface area contributed by atoms with Crippen LogP contribution in [0.2, 0.25) is 0 Å². The maximum absolute atomic E-state index is 6.45. The molecule has 100 valence electrons. The number of rotatable bonds is 6.